The zero-order chi connectivity index (χ0) is 34.3. The summed E-state index contributed by atoms with van der Waals surface area (Å²) >= 11 is 1.40. The fourth-order valence-corrected chi connectivity index (χ4v) is 7.42. The number of aromatic nitrogens is 1. The number of hydrogen-bond acceptors (Lipinski definition) is 9. The van der Waals surface area contributed by atoms with E-state index in [9.17, 15) is 14.4 Å². The number of amidine groups is 1. The van der Waals surface area contributed by atoms with Gasteiger partial charge in [-0.3, -0.25) is 24.4 Å². The van der Waals surface area contributed by atoms with Crippen molar-refractivity contribution in [3.05, 3.63) is 120 Å². The average molecular weight is 691 g/mol. The number of pyridine rings is 1. The van der Waals surface area contributed by atoms with Crippen LogP contribution in [0.25, 0.3) is 0 Å². The first kappa shape index (κ1) is 33.3. The molecule has 3 saturated heterocycles. The molecule has 0 bridgehead atoms. The summed E-state index contributed by atoms with van der Waals surface area (Å²) in [5, 5.41) is 3.04. The number of hydrogen-bond donors (Lipinski definition) is 1. The highest BCUT2D eigenvalue weighted by Gasteiger charge is 2.39. The van der Waals surface area contributed by atoms with Gasteiger partial charge in [0.2, 0.25) is 11.8 Å². The second-order valence-corrected chi connectivity index (χ2v) is 13.3. The molecular formula is C38H38N6O5S. The maximum Gasteiger partial charge on any atom is 0.410 e. The highest BCUT2D eigenvalue weighted by atomic mass is 32.2. The molecule has 0 radical (unpaired) electrons. The number of thioether (sulfide) groups is 1. The van der Waals surface area contributed by atoms with Gasteiger partial charge in [-0.05, 0) is 72.5 Å². The number of nitrogens with one attached hydrogen (secondary N) is 1. The summed E-state index contributed by atoms with van der Waals surface area (Å²) in [4.78, 5) is 54.9. The van der Waals surface area contributed by atoms with Gasteiger partial charge in [-0.25, -0.2) is 9.79 Å². The molecule has 3 aliphatic heterocycles. The van der Waals surface area contributed by atoms with Gasteiger partial charge in [-0.1, -0.05) is 60.3 Å². The van der Waals surface area contributed by atoms with Crippen molar-refractivity contribution in [1.82, 2.24) is 14.8 Å². The number of morpholine rings is 1. The van der Waals surface area contributed by atoms with Gasteiger partial charge in [-0.15, -0.1) is 0 Å². The average Bonchev–Trinajstić information content (AvgIpc) is 3.78. The van der Waals surface area contributed by atoms with Crippen LogP contribution in [-0.2, 0) is 32.2 Å². The number of aliphatic imine (C=N–C) groups is 1. The molecular weight excluding hydrogens is 653 g/mol. The van der Waals surface area contributed by atoms with Crippen molar-refractivity contribution in [3.63, 3.8) is 0 Å². The Kier molecular flexibility index (Phi) is 10.4. The van der Waals surface area contributed by atoms with Crippen LogP contribution in [0.3, 0.4) is 0 Å². The minimum absolute atomic E-state index is 0.0864. The van der Waals surface area contributed by atoms with Crippen LogP contribution in [0.5, 0.6) is 0 Å². The lowest BCUT2D eigenvalue weighted by atomic mass is 10.1. The number of anilines is 2. The van der Waals surface area contributed by atoms with Crippen LogP contribution in [0.15, 0.2) is 108 Å². The van der Waals surface area contributed by atoms with Gasteiger partial charge in [0.1, 0.15) is 17.9 Å². The van der Waals surface area contributed by atoms with E-state index in [2.05, 4.69) is 27.3 Å². The van der Waals surface area contributed by atoms with E-state index in [0.29, 0.717) is 43.6 Å². The molecule has 4 heterocycles. The van der Waals surface area contributed by atoms with E-state index in [4.69, 9.17) is 14.5 Å². The van der Waals surface area contributed by atoms with Crippen LogP contribution in [0, 0.1) is 0 Å². The molecule has 7 rings (SSSR count). The van der Waals surface area contributed by atoms with Gasteiger partial charge in [-0.2, -0.15) is 0 Å². The summed E-state index contributed by atoms with van der Waals surface area (Å²) in [6.07, 6.45) is 2.49. The van der Waals surface area contributed by atoms with E-state index >= 15 is 0 Å². The van der Waals surface area contributed by atoms with Gasteiger partial charge in [0.25, 0.3) is 0 Å². The zero-order valence-corrected chi connectivity index (χ0v) is 28.3. The van der Waals surface area contributed by atoms with E-state index in [1.54, 1.807) is 23.2 Å². The van der Waals surface area contributed by atoms with Crippen LogP contribution in [0.2, 0.25) is 0 Å². The number of carbonyl (C=O) groups excluding carboxylic acids is 3. The third-order valence-electron chi connectivity index (χ3n) is 8.92. The quantitative estimate of drug-likeness (QED) is 0.222. The minimum Gasteiger partial charge on any atom is -0.445 e. The summed E-state index contributed by atoms with van der Waals surface area (Å²) in [6, 6.07) is 29.8. The van der Waals surface area contributed by atoms with Crippen LogP contribution >= 0.6 is 11.8 Å². The molecule has 1 aromatic heterocycles. The molecule has 3 aromatic carbocycles. The normalized spacial score (nSPS) is 20.0. The molecule has 12 heteroatoms. The van der Waals surface area contributed by atoms with Gasteiger partial charge < -0.3 is 19.7 Å². The van der Waals surface area contributed by atoms with Crippen molar-refractivity contribution >= 4 is 51.9 Å². The molecule has 11 nitrogen and oxygen atoms in total. The fourth-order valence-electron chi connectivity index (χ4n) is 6.25. The number of benzene rings is 3. The van der Waals surface area contributed by atoms with Crippen molar-refractivity contribution in [3.8, 4) is 0 Å². The highest BCUT2D eigenvalue weighted by molar-refractivity contribution is 8.15. The minimum atomic E-state index is -0.619. The van der Waals surface area contributed by atoms with E-state index in [0.717, 1.165) is 47.7 Å². The molecule has 3 fully saturated rings. The molecule has 50 heavy (non-hydrogen) atoms. The summed E-state index contributed by atoms with van der Waals surface area (Å²) in [6.45, 7) is 4.04. The SMILES string of the molecule is O=C(Nc1ccc(C2SC(=Nc3ccc(N4CCOCC4)cc3)N(Cc3ccccn3)C2=O)cc1)[C@@H]1CCCN1C(=O)OCc1ccccc1. The molecule has 2 atom stereocenters. The van der Waals surface area contributed by atoms with Crippen LogP contribution in [0.4, 0.5) is 21.9 Å². The molecule has 0 spiro atoms. The number of rotatable bonds is 9. The Morgan fingerprint density at radius 1 is 0.920 bits per heavy atom. The molecule has 256 valence electrons. The van der Waals surface area contributed by atoms with Gasteiger partial charge in [0, 0.05) is 37.2 Å². The van der Waals surface area contributed by atoms with Crippen LogP contribution in [0.1, 0.15) is 34.9 Å². The highest BCUT2D eigenvalue weighted by Crippen LogP contribution is 2.41. The molecule has 1 unspecified atom stereocenters. The second-order valence-electron chi connectivity index (χ2n) is 12.3. The summed E-state index contributed by atoms with van der Waals surface area (Å²) in [5.41, 5.74) is 4.90. The van der Waals surface area contributed by atoms with Crippen molar-refractivity contribution in [2.45, 2.75) is 37.3 Å². The molecule has 1 N–H and O–H groups in total. The number of carbonyl (C=O) groups is 3. The molecule has 0 saturated carbocycles. The number of nitrogens with zero attached hydrogens (tertiary/aromatic N) is 5. The largest absolute Gasteiger partial charge is 0.445 e. The Morgan fingerprint density at radius 3 is 2.42 bits per heavy atom. The Morgan fingerprint density at radius 2 is 1.68 bits per heavy atom. The smallest absolute Gasteiger partial charge is 0.410 e. The third kappa shape index (κ3) is 7.82. The molecule has 3 aliphatic rings. The van der Waals surface area contributed by atoms with E-state index in [-0.39, 0.29) is 18.4 Å². The Bertz CT molecular complexity index is 1820. The van der Waals surface area contributed by atoms with E-state index in [1.807, 2.05) is 72.8 Å². The first-order chi connectivity index (χ1) is 24.5. The molecule has 3 amide bonds. The Balaban J connectivity index is 1.03. The Labute approximate surface area is 295 Å². The fraction of sp³-hybridized carbons (Fsp3) is 0.289. The molecule has 0 aliphatic carbocycles. The molecule has 4 aromatic rings. The Hall–Kier alpha value is -5.20. The van der Waals surface area contributed by atoms with E-state index in [1.165, 1.54) is 16.7 Å². The first-order valence-corrected chi connectivity index (χ1v) is 17.7. The van der Waals surface area contributed by atoms with Crippen molar-refractivity contribution < 1.29 is 23.9 Å². The maximum absolute atomic E-state index is 13.9. The van der Waals surface area contributed by atoms with Crippen LogP contribution in [-0.4, -0.2) is 76.7 Å². The van der Waals surface area contributed by atoms with Gasteiger partial charge in [0.15, 0.2) is 5.17 Å². The van der Waals surface area contributed by atoms with Crippen molar-refractivity contribution in [1.29, 1.82) is 0 Å². The summed E-state index contributed by atoms with van der Waals surface area (Å²) in [7, 11) is 0. The van der Waals surface area contributed by atoms with Crippen LogP contribution < -0.4 is 10.2 Å². The maximum atomic E-state index is 13.9. The lowest BCUT2D eigenvalue weighted by Gasteiger charge is -2.28. The lowest BCUT2D eigenvalue weighted by Crippen LogP contribution is -2.43. The second kappa shape index (κ2) is 15.6. The number of amides is 3. The predicted octanol–water partition coefficient (Wildman–Crippen LogP) is 6.16. The monoisotopic (exact) mass is 690 g/mol. The van der Waals surface area contributed by atoms with Crippen molar-refractivity contribution in [2.75, 3.05) is 43.1 Å². The number of likely N-dealkylation sites (tertiary alicyclic amines) is 1. The standard InChI is InChI=1S/C38H38N6O5S/c45-35(33-10-6-20-43(33)38(47)49-26-27-7-2-1-3-8-27)40-29-13-11-28(12-14-29)34-36(46)44(25-31-9-4-5-19-39-31)37(50-34)41-30-15-17-32(18-16-30)42-21-23-48-24-22-42/h1-5,7-9,11-19,33-34H,6,10,20-26H2,(H,40,45)/t33-,34?/m0/s1. The van der Waals surface area contributed by atoms with E-state index < -0.39 is 17.4 Å². The third-order valence-corrected chi connectivity index (χ3v) is 10.1. The lowest BCUT2D eigenvalue weighted by molar-refractivity contribution is -0.126. The van der Waals surface area contributed by atoms with Crippen molar-refractivity contribution in [2.24, 2.45) is 4.99 Å². The first-order valence-electron chi connectivity index (χ1n) is 16.8. The van der Waals surface area contributed by atoms with Gasteiger partial charge >= 0.3 is 6.09 Å². The van der Waals surface area contributed by atoms with Gasteiger partial charge in [0.05, 0.1) is 31.1 Å². The topological polar surface area (TPSA) is 117 Å². The number of ether oxygens (including phenoxy) is 2. The predicted molar refractivity (Wildman–Crippen MR) is 193 cm³/mol. The summed E-state index contributed by atoms with van der Waals surface area (Å²) in [5.74, 6) is -0.356. The summed E-state index contributed by atoms with van der Waals surface area (Å²) < 4.78 is 11.0. The zero-order valence-electron chi connectivity index (χ0n) is 27.5.